The Morgan fingerprint density at radius 3 is 2.71 bits per heavy atom. The van der Waals surface area contributed by atoms with Gasteiger partial charge in [0, 0.05) is 30.5 Å². The van der Waals surface area contributed by atoms with Crippen LogP contribution < -0.4 is 10.2 Å². The molecule has 2 rings (SSSR count). The molecule has 1 aromatic heterocycles. The van der Waals surface area contributed by atoms with Crippen LogP contribution in [0.3, 0.4) is 0 Å². The van der Waals surface area contributed by atoms with Crippen molar-refractivity contribution in [2.75, 3.05) is 30.9 Å². The van der Waals surface area contributed by atoms with Gasteiger partial charge in [-0.2, -0.15) is 0 Å². The molecule has 1 heterocycles. The van der Waals surface area contributed by atoms with Gasteiger partial charge in [-0.3, -0.25) is 4.79 Å². The molecule has 1 amide bonds. The zero-order valence-corrected chi connectivity index (χ0v) is 15.3. The number of halogens is 1. The summed E-state index contributed by atoms with van der Waals surface area (Å²) in [5, 5.41) is 2.78. The van der Waals surface area contributed by atoms with Gasteiger partial charge in [0.25, 0.3) is 5.91 Å². The first-order valence-electron chi connectivity index (χ1n) is 7.33. The van der Waals surface area contributed by atoms with Crippen LogP contribution in [0.1, 0.15) is 27.6 Å². The minimum Gasteiger partial charge on any atom is -0.462 e. The van der Waals surface area contributed by atoms with E-state index >= 15 is 0 Å². The van der Waals surface area contributed by atoms with Gasteiger partial charge in [0.2, 0.25) is 0 Å². The summed E-state index contributed by atoms with van der Waals surface area (Å²) in [6, 6.07) is 8.32. The minimum absolute atomic E-state index is 0.297. The van der Waals surface area contributed by atoms with Crippen LogP contribution in [-0.4, -0.2) is 37.6 Å². The second-order valence-corrected chi connectivity index (χ2v) is 6.09. The van der Waals surface area contributed by atoms with E-state index in [4.69, 9.17) is 4.74 Å². The highest BCUT2D eigenvalue weighted by Gasteiger charge is 2.16. The first-order chi connectivity index (χ1) is 11.4. The number of esters is 1. The highest BCUT2D eigenvalue weighted by molar-refractivity contribution is 9.10. The van der Waals surface area contributed by atoms with Crippen LogP contribution in [0.25, 0.3) is 0 Å². The van der Waals surface area contributed by atoms with Gasteiger partial charge in [-0.05, 0) is 47.1 Å². The van der Waals surface area contributed by atoms with Crippen LogP contribution >= 0.6 is 15.9 Å². The Morgan fingerprint density at radius 1 is 1.29 bits per heavy atom. The van der Waals surface area contributed by atoms with Gasteiger partial charge in [0.1, 0.15) is 5.82 Å². The standard InChI is InChI=1S/C17H18BrN3O3/c1-4-24-17(23)11-6-5-7-13(8-11)20-16(22)14-9-12(18)10-19-15(14)21(2)3/h5-10H,4H2,1-3H3,(H,20,22). The topological polar surface area (TPSA) is 71.5 Å². The number of benzene rings is 1. The van der Waals surface area contributed by atoms with Gasteiger partial charge in [-0.25, -0.2) is 9.78 Å². The molecule has 0 fully saturated rings. The number of aromatic nitrogens is 1. The number of rotatable bonds is 5. The molecule has 1 aromatic carbocycles. The van der Waals surface area contributed by atoms with Crippen LogP contribution in [-0.2, 0) is 4.74 Å². The molecule has 24 heavy (non-hydrogen) atoms. The Hall–Kier alpha value is -2.41. The van der Waals surface area contributed by atoms with E-state index in [0.29, 0.717) is 33.7 Å². The zero-order valence-electron chi connectivity index (χ0n) is 13.7. The van der Waals surface area contributed by atoms with Gasteiger partial charge in [0.15, 0.2) is 0 Å². The molecule has 0 aliphatic rings. The van der Waals surface area contributed by atoms with E-state index in [1.165, 1.54) is 0 Å². The fourth-order valence-corrected chi connectivity index (χ4v) is 2.42. The molecule has 0 aliphatic carbocycles. The van der Waals surface area contributed by atoms with Crippen molar-refractivity contribution in [2.24, 2.45) is 0 Å². The third-order valence-corrected chi connectivity index (χ3v) is 3.57. The summed E-state index contributed by atoms with van der Waals surface area (Å²) in [5.74, 6) is -0.183. The summed E-state index contributed by atoms with van der Waals surface area (Å²) in [5.41, 5.74) is 1.32. The molecule has 0 saturated carbocycles. The number of hydrogen-bond donors (Lipinski definition) is 1. The van der Waals surface area contributed by atoms with E-state index in [-0.39, 0.29) is 5.91 Å². The average molecular weight is 392 g/mol. The molecular formula is C17H18BrN3O3. The van der Waals surface area contributed by atoms with E-state index in [0.717, 1.165) is 0 Å². The van der Waals surface area contributed by atoms with Crippen LogP contribution in [0.2, 0.25) is 0 Å². The third-order valence-electron chi connectivity index (χ3n) is 3.13. The largest absolute Gasteiger partial charge is 0.462 e. The Balaban J connectivity index is 2.26. The average Bonchev–Trinajstić information content (AvgIpc) is 2.55. The number of nitrogens with zero attached hydrogens (tertiary/aromatic N) is 2. The molecule has 2 aromatic rings. The molecule has 6 nitrogen and oxygen atoms in total. The maximum atomic E-state index is 12.6. The number of anilines is 2. The van der Waals surface area contributed by atoms with Gasteiger partial charge in [-0.15, -0.1) is 0 Å². The Kier molecular flexibility index (Phi) is 5.92. The van der Waals surface area contributed by atoms with Gasteiger partial charge < -0.3 is 15.0 Å². The lowest BCUT2D eigenvalue weighted by atomic mass is 10.2. The Bertz CT molecular complexity index is 762. The molecule has 126 valence electrons. The van der Waals surface area contributed by atoms with E-state index in [2.05, 4.69) is 26.2 Å². The lowest BCUT2D eigenvalue weighted by Crippen LogP contribution is -2.20. The predicted molar refractivity (Wildman–Crippen MR) is 96.6 cm³/mol. The van der Waals surface area contributed by atoms with Gasteiger partial charge in [0.05, 0.1) is 17.7 Å². The summed E-state index contributed by atoms with van der Waals surface area (Å²) in [4.78, 5) is 30.4. The van der Waals surface area contributed by atoms with Crippen molar-refractivity contribution in [3.8, 4) is 0 Å². The fourth-order valence-electron chi connectivity index (χ4n) is 2.09. The maximum Gasteiger partial charge on any atom is 0.338 e. The maximum absolute atomic E-state index is 12.6. The monoisotopic (exact) mass is 391 g/mol. The second kappa shape index (κ2) is 7.92. The second-order valence-electron chi connectivity index (χ2n) is 5.17. The molecule has 0 spiro atoms. The zero-order chi connectivity index (χ0) is 17.7. The molecule has 0 unspecified atom stereocenters. The van der Waals surface area contributed by atoms with Crippen LogP contribution in [0, 0.1) is 0 Å². The Labute approximate surface area is 149 Å². The summed E-state index contributed by atoms with van der Waals surface area (Å²) in [6.45, 7) is 2.04. The summed E-state index contributed by atoms with van der Waals surface area (Å²) >= 11 is 3.32. The van der Waals surface area contributed by atoms with Crippen molar-refractivity contribution in [3.63, 3.8) is 0 Å². The van der Waals surface area contributed by atoms with Crippen molar-refractivity contribution >= 4 is 39.3 Å². The highest BCUT2D eigenvalue weighted by atomic mass is 79.9. The van der Waals surface area contributed by atoms with E-state index in [1.54, 1.807) is 48.4 Å². The highest BCUT2D eigenvalue weighted by Crippen LogP contribution is 2.22. The number of ether oxygens (including phenoxy) is 1. The third kappa shape index (κ3) is 4.32. The molecule has 0 atom stereocenters. The minimum atomic E-state index is -0.424. The predicted octanol–water partition coefficient (Wildman–Crippen LogP) is 3.34. The lowest BCUT2D eigenvalue weighted by molar-refractivity contribution is 0.0526. The van der Waals surface area contributed by atoms with Crippen molar-refractivity contribution in [2.45, 2.75) is 6.92 Å². The van der Waals surface area contributed by atoms with E-state index < -0.39 is 5.97 Å². The first-order valence-corrected chi connectivity index (χ1v) is 8.13. The fraction of sp³-hybridized carbons (Fsp3) is 0.235. The SMILES string of the molecule is CCOC(=O)c1cccc(NC(=O)c2cc(Br)cnc2N(C)C)c1. The van der Waals surface area contributed by atoms with Crippen molar-refractivity contribution < 1.29 is 14.3 Å². The lowest BCUT2D eigenvalue weighted by Gasteiger charge is -2.16. The quantitative estimate of drug-likeness (QED) is 0.791. The molecule has 0 bridgehead atoms. The van der Waals surface area contributed by atoms with Crippen molar-refractivity contribution in [1.29, 1.82) is 0 Å². The molecule has 0 radical (unpaired) electrons. The summed E-state index contributed by atoms with van der Waals surface area (Å²) in [6.07, 6.45) is 1.63. The summed E-state index contributed by atoms with van der Waals surface area (Å²) in [7, 11) is 3.63. The number of amides is 1. The Morgan fingerprint density at radius 2 is 2.04 bits per heavy atom. The number of pyridine rings is 1. The smallest absolute Gasteiger partial charge is 0.338 e. The molecule has 1 N–H and O–H groups in total. The number of carbonyl (C=O) groups excluding carboxylic acids is 2. The van der Waals surface area contributed by atoms with Gasteiger partial charge >= 0.3 is 5.97 Å². The number of carbonyl (C=O) groups is 2. The van der Waals surface area contributed by atoms with Crippen molar-refractivity contribution in [3.05, 3.63) is 52.1 Å². The van der Waals surface area contributed by atoms with Crippen LogP contribution in [0.15, 0.2) is 41.0 Å². The normalized spacial score (nSPS) is 10.2. The number of hydrogen-bond acceptors (Lipinski definition) is 5. The first kappa shape index (κ1) is 17.9. The molecule has 0 saturated heterocycles. The van der Waals surface area contributed by atoms with Crippen LogP contribution in [0.5, 0.6) is 0 Å². The number of nitrogens with one attached hydrogen (secondary N) is 1. The van der Waals surface area contributed by atoms with E-state index in [1.807, 2.05) is 14.1 Å². The van der Waals surface area contributed by atoms with Crippen LogP contribution in [0.4, 0.5) is 11.5 Å². The molecular weight excluding hydrogens is 374 g/mol. The molecule has 7 heteroatoms. The van der Waals surface area contributed by atoms with Gasteiger partial charge in [-0.1, -0.05) is 6.07 Å². The summed E-state index contributed by atoms with van der Waals surface area (Å²) < 4.78 is 5.67. The molecule has 0 aliphatic heterocycles. The van der Waals surface area contributed by atoms with E-state index in [9.17, 15) is 9.59 Å². The van der Waals surface area contributed by atoms with Crippen molar-refractivity contribution in [1.82, 2.24) is 4.98 Å².